The van der Waals surface area contributed by atoms with Crippen molar-refractivity contribution in [2.45, 2.75) is 64.1 Å². The molecule has 0 aromatic heterocycles. The highest BCUT2D eigenvalue weighted by Gasteiger charge is 2.22. The van der Waals surface area contributed by atoms with Crippen molar-refractivity contribution < 1.29 is 9.90 Å². The Morgan fingerprint density at radius 3 is 2.53 bits per heavy atom. The molecule has 1 rings (SSSR count). The summed E-state index contributed by atoms with van der Waals surface area (Å²) in [5.74, 6) is 0. The van der Waals surface area contributed by atoms with Gasteiger partial charge in [0.15, 0.2) is 0 Å². The largest absolute Gasteiger partial charge is 0.393 e. The van der Waals surface area contributed by atoms with Crippen LogP contribution in [0.15, 0.2) is 0 Å². The van der Waals surface area contributed by atoms with Gasteiger partial charge in [-0.3, -0.25) is 0 Å². The second-order valence-corrected chi connectivity index (χ2v) is 5.37. The maximum Gasteiger partial charge on any atom is 0.315 e. The lowest BCUT2D eigenvalue weighted by Gasteiger charge is -2.28. The minimum atomic E-state index is -0.251. The van der Waals surface area contributed by atoms with Crippen LogP contribution >= 0.6 is 0 Å². The molecule has 0 spiro atoms. The van der Waals surface area contributed by atoms with Crippen LogP contribution in [0.2, 0.25) is 0 Å². The van der Waals surface area contributed by atoms with Gasteiger partial charge in [-0.25, -0.2) is 4.79 Å². The van der Waals surface area contributed by atoms with Crippen LogP contribution in [0, 0.1) is 0 Å². The summed E-state index contributed by atoms with van der Waals surface area (Å²) in [6.45, 7) is 5.84. The van der Waals surface area contributed by atoms with E-state index in [-0.39, 0.29) is 23.7 Å². The Bertz CT molecular complexity index is 223. The molecule has 3 N–H and O–H groups in total. The SMILES string of the molecule is CC(C)(C)NC(=O)N[C@H]1CCC[C@H](O)C1. The van der Waals surface area contributed by atoms with Crippen molar-refractivity contribution in [1.82, 2.24) is 10.6 Å². The van der Waals surface area contributed by atoms with Crippen LogP contribution < -0.4 is 10.6 Å². The molecule has 88 valence electrons. The highest BCUT2D eigenvalue weighted by atomic mass is 16.3. The first-order valence-corrected chi connectivity index (χ1v) is 5.63. The summed E-state index contributed by atoms with van der Waals surface area (Å²) in [6, 6.07) is -0.0160. The van der Waals surface area contributed by atoms with E-state index in [2.05, 4.69) is 10.6 Å². The minimum absolute atomic E-state index is 0.121. The summed E-state index contributed by atoms with van der Waals surface area (Å²) < 4.78 is 0. The van der Waals surface area contributed by atoms with Crippen molar-refractivity contribution in [3.63, 3.8) is 0 Å². The first kappa shape index (κ1) is 12.3. The summed E-state index contributed by atoms with van der Waals surface area (Å²) in [5, 5.41) is 15.2. The lowest BCUT2D eigenvalue weighted by atomic mass is 9.93. The van der Waals surface area contributed by atoms with Crippen molar-refractivity contribution >= 4 is 6.03 Å². The van der Waals surface area contributed by atoms with Gasteiger partial charge in [-0.05, 0) is 46.5 Å². The number of carbonyl (C=O) groups excluding carboxylic acids is 1. The third-order valence-electron chi connectivity index (χ3n) is 2.47. The number of aliphatic hydroxyl groups excluding tert-OH is 1. The first-order chi connectivity index (χ1) is 6.87. The molecule has 2 atom stereocenters. The molecule has 1 fully saturated rings. The zero-order valence-electron chi connectivity index (χ0n) is 9.84. The van der Waals surface area contributed by atoms with Gasteiger partial charge in [0.05, 0.1) is 6.10 Å². The van der Waals surface area contributed by atoms with E-state index in [9.17, 15) is 9.90 Å². The smallest absolute Gasteiger partial charge is 0.315 e. The summed E-state index contributed by atoms with van der Waals surface area (Å²) in [4.78, 5) is 11.5. The topological polar surface area (TPSA) is 61.4 Å². The van der Waals surface area contributed by atoms with Crippen LogP contribution in [0.4, 0.5) is 4.79 Å². The summed E-state index contributed by atoms with van der Waals surface area (Å²) >= 11 is 0. The Balaban J connectivity index is 2.31. The van der Waals surface area contributed by atoms with E-state index in [0.717, 1.165) is 19.3 Å². The van der Waals surface area contributed by atoms with Gasteiger partial charge >= 0.3 is 6.03 Å². The van der Waals surface area contributed by atoms with E-state index in [1.165, 1.54) is 0 Å². The molecule has 0 heterocycles. The minimum Gasteiger partial charge on any atom is -0.393 e. The Hall–Kier alpha value is -0.770. The van der Waals surface area contributed by atoms with Crippen LogP contribution in [0.25, 0.3) is 0 Å². The number of urea groups is 1. The lowest BCUT2D eigenvalue weighted by Crippen LogP contribution is -2.50. The van der Waals surface area contributed by atoms with Gasteiger partial charge < -0.3 is 15.7 Å². The fourth-order valence-electron chi connectivity index (χ4n) is 1.86. The van der Waals surface area contributed by atoms with Crippen molar-refractivity contribution in [1.29, 1.82) is 0 Å². The second kappa shape index (κ2) is 4.84. The van der Waals surface area contributed by atoms with Crippen LogP contribution in [0.1, 0.15) is 46.5 Å². The van der Waals surface area contributed by atoms with Gasteiger partial charge in [-0.15, -0.1) is 0 Å². The number of hydrogen-bond donors (Lipinski definition) is 3. The average Bonchev–Trinajstić information content (AvgIpc) is 1.99. The fraction of sp³-hybridized carbons (Fsp3) is 0.909. The Morgan fingerprint density at radius 2 is 2.00 bits per heavy atom. The molecule has 4 heteroatoms. The van der Waals surface area contributed by atoms with Crippen LogP contribution in [0.5, 0.6) is 0 Å². The molecule has 0 aliphatic heterocycles. The molecule has 0 aromatic carbocycles. The number of amides is 2. The molecule has 0 aromatic rings. The zero-order valence-corrected chi connectivity index (χ0v) is 9.84. The standard InChI is InChI=1S/C11H22N2O2/c1-11(2,3)13-10(15)12-8-5-4-6-9(14)7-8/h8-9,14H,4-7H2,1-3H3,(H2,12,13,15)/t8-,9-/m0/s1. The van der Waals surface area contributed by atoms with Gasteiger partial charge in [-0.2, -0.15) is 0 Å². The zero-order chi connectivity index (χ0) is 11.5. The second-order valence-electron chi connectivity index (χ2n) is 5.37. The molecular weight excluding hydrogens is 192 g/mol. The molecule has 1 saturated carbocycles. The van der Waals surface area contributed by atoms with Crippen molar-refractivity contribution in [2.75, 3.05) is 0 Å². The first-order valence-electron chi connectivity index (χ1n) is 5.63. The fourth-order valence-corrected chi connectivity index (χ4v) is 1.86. The molecular formula is C11H22N2O2. The Kier molecular flexibility index (Phi) is 3.97. The van der Waals surface area contributed by atoms with Gasteiger partial charge in [-0.1, -0.05) is 0 Å². The van der Waals surface area contributed by atoms with Gasteiger partial charge in [0, 0.05) is 11.6 Å². The molecule has 0 radical (unpaired) electrons. The van der Waals surface area contributed by atoms with Crippen LogP contribution in [-0.4, -0.2) is 28.8 Å². The van der Waals surface area contributed by atoms with E-state index in [4.69, 9.17) is 0 Å². The van der Waals surface area contributed by atoms with E-state index in [1.807, 2.05) is 20.8 Å². The van der Waals surface area contributed by atoms with Gasteiger partial charge in [0.25, 0.3) is 0 Å². The number of aliphatic hydroxyl groups is 1. The predicted octanol–water partition coefficient (Wildman–Crippen LogP) is 1.39. The number of nitrogens with one attached hydrogen (secondary N) is 2. The summed E-state index contributed by atoms with van der Waals surface area (Å²) in [5.41, 5.74) is -0.211. The summed E-state index contributed by atoms with van der Waals surface area (Å²) in [6.07, 6.45) is 3.24. The highest BCUT2D eigenvalue weighted by molar-refractivity contribution is 5.74. The number of rotatable bonds is 1. The Labute approximate surface area is 91.4 Å². The summed E-state index contributed by atoms with van der Waals surface area (Å²) in [7, 11) is 0. The normalized spacial score (nSPS) is 27.2. The molecule has 2 amide bonds. The molecule has 0 bridgehead atoms. The molecule has 0 unspecified atom stereocenters. The molecule has 1 aliphatic rings. The number of hydrogen-bond acceptors (Lipinski definition) is 2. The molecule has 1 aliphatic carbocycles. The van der Waals surface area contributed by atoms with Crippen molar-refractivity contribution in [2.24, 2.45) is 0 Å². The van der Waals surface area contributed by atoms with E-state index < -0.39 is 0 Å². The van der Waals surface area contributed by atoms with Crippen LogP contribution in [-0.2, 0) is 0 Å². The van der Waals surface area contributed by atoms with E-state index >= 15 is 0 Å². The van der Waals surface area contributed by atoms with Gasteiger partial charge in [0.1, 0.15) is 0 Å². The number of carbonyl (C=O) groups is 1. The predicted molar refractivity (Wildman–Crippen MR) is 59.7 cm³/mol. The van der Waals surface area contributed by atoms with Gasteiger partial charge in [0.2, 0.25) is 0 Å². The van der Waals surface area contributed by atoms with Crippen molar-refractivity contribution in [3.8, 4) is 0 Å². The van der Waals surface area contributed by atoms with E-state index in [0.29, 0.717) is 6.42 Å². The molecule has 0 saturated heterocycles. The highest BCUT2D eigenvalue weighted by Crippen LogP contribution is 2.18. The molecule has 15 heavy (non-hydrogen) atoms. The lowest BCUT2D eigenvalue weighted by molar-refractivity contribution is 0.113. The average molecular weight is 214 g/mol. The van der Waals surface area contributed by atoms with Crippen molar-refractivity contribution in [3.05, 3.63) is 0 Å². The monoisotopic (exact) mass is 214 g/mol. The van der Waals surface area contributed by atoms with E-state index in [1.54, 1.807) is 0 Å². The third-order valence-corrected chi connectivity index (χ3v) is 2.47. The quantitative estimate of drug-likeness (QED) is 0.617. The van der Waals surface area contributed by atoms with Crippen LogP contribution in [0.3, 0.4) is 0 Å². The third kappa shape index (κ3) is 5.02. The maximum absolute atomic E-state index is 11.5. The maximum atomic E-state index is 11.5. The molecule has 4 nitrogen and oxygen atoms in total. The Morgan fingerprint density at radius 1 is 1.33 bits per heavy atom.